The highest BCUT2D eigenvalue weighted by Crippen LogP contribution is 2.34. The maximum Gasteiger partial charge on any atom is 0.261 e. The molecule has 0 radical (unpaired) electrons. The number of hydrogen-bond donors (Lipinski definition) is 2. The fraction of sp³-hybridized carbons (Fsp3) is 0.278. The number of likely N-dealkylation sites (N-methyl/N-ethyl adjacent to an activating group) is 2. The molecule has 4 aromatic carbocycles. The molecule has 0 atom stereocenters. The second-order valence-electron chi connectivity index (χ2n) is 12.7. The van der Waals surface area contributed by atoms with Crippen LogP contribution in [0.4, 0.5) is 11.4 Å². The van der Waals surface area contributed by atoms with Crippen molar-refractivity contribution in [1.82, 2.24) is 18.9 Å². The molecule has 48 heavy (non-hydrogen) atoms. The van der Waals surface area contributed by atoms with Gasteiger partial charge in [0, 0.05) is 82.4 Å². The van der Waals surface area contributed by atoms with Crippen LogP contribution in [0.25, 0.3) is 43.1 Å². The van der Waals surface area contributed by atoms with Gasteiger partial charge >= 0.3 is 0 Å². The molecule has 12 heteroatoms. The number of fused-ring (bicyclic) bond motifs is 4. The number of aromatic nitrogens is 2. The van der Waals surface area contributed by atoms with Crippen molar-refractivity contribution in [3.05, 3.63) is 80.0 Å². The molecule has 2 aliphatic heterocycles. The second-order valence-corrected chi connectivity index (χ2v) is 12.7. The van der Waals surface area contributed by atoms with E-state index in [2.05, 4.69) is 29.8 Å². The van der Waals surface area contributed by atoms with E-state index in [4.69, 9.17) is 0 Å². The molecule has 0 bridgehead atoms. The van der Waals surface area contributed by atoms with Crippen LogP contribution in [-0.2, 0) is 13.1 Å². The largest absolute Gasteiger partial charge is 0.494 e. The van der Waals surface area contributed by atoms with E-state index in [1.165, 1.54) is 9.13 Å². The lowest BCUT2D eigenvalue weighted by molar-refractivity contribution is 0.239. The van der Waals surface area contributed by atoms with Gasteiger partial charge in [0.15, 0.2) is 0 Å². The first-order valence-electron chi connectivity index (χ1n) is 16.0. The molecule has 0 saturated heterocycles. The van der Waals surface area contributed by atoms with Gasteiger partial charge in [-0.25, -0.2) is 20.0 Å². The smallest absolute Gasteiger partial charge is 0.261 e. The molecular weight excluding hydrogens is 608 g/mol. The lowest BCUT2D eigenvalue weighted by Crippen LogP contribution is -2.36. The number of nitrogens with zero attached hydrogens (tertiary/aromatic N) is 8. The van der Waals surface area contributed by atoms with E-state index in [1.54, 1.807) is 12.1 Å². The first kappa shape index (κ1) is 29.9. The van der Waals surface area contributed by atoms with E-state index >= 15 is 0 Å². The van der Waals surface area contributed by atoms with Crippen LogP contribution in [0, 0.1) is 0 Å². The quantitative estimate of drug-likeness (QED) is 0.248. The average molecular weight is 643 g/mol. The van der Waals surface area contributed by atoms with Crippen molar-refractivity contribution < 1.29 is 10.2 Å². The highest BCUT2D eigenvalue weighted by atomic mass is 16.3. The predicted molar refractivity (Wildman–Crippen MR) is 189 cm³/mol. The van der Waals surface area contributed by atoms with Crippen LogP contribution >= 0.6 is 0 Å². The molecule has 0 unspecified atom stereocenters. The Kier molecular flexibility index (Phi) is 6.90. The summed E-state index contributed by atoms with van der Waals surface area (Å²) in [7, 11) is 3.94. The zero-order chi connectivity index (χ0) is 33.4. The van der Waals surface area contributed by atoms with Gasteiger partial charge in [0.2, 0.25) is 11.8 Å². The maximum absolute atomic E-state index is 13.5. The van der Waals surface area contributed by atoms with Crippen molar-refractivity contribution in [2.75, 3.05) is 40.3 Å². The molecule has 0 amide bonds. The molecule has 2 aromatic heterocycles. The van der Waals surface area contributed by atoms with E-state index < -0.39 is 0 Å². The van der Waals surface area contributed by atoms with E-state index in [-0.39, 0.29) is 22.9 Å². The molecule has 2 N–H and O–H groups in total. The van der Waals surface area contributed by atoms with Crippen molar-refractivity contribution in [2.24, 2.45) is 20.0 Å². The van der Waals surface area contributed by atoms with E-state index in [1.807, 2.05) is 64.3 Å². The Morgan fingerprint density at radius 2 is 0.979 bits per heavy atom. The van der Waals surface area contributed by atoms with Crippen molar-refractivity contribution >= 4 is 66.1 Å². The number of aliphatic imine (C=N–C) groups is 2. The Morgan fingerprint density at radius 1 is 0.583 bits per heavy atom. The zero-order valence-corrected chi connectivity index (χ0v) is 27.2. The molecule has 242 valence electrons. The highest BCUT2D eigenvalue weighted by Gasteiger charge is 2.21. The molecule has 0 spiro atoms. The summed E-state index contributed by atoms with van der Waals surface area (Å²) in [5.74, 6) is 1.15. The summed E-state index contributed by atoms with van der Waals surface area (Å²) in [5, 5.41) is 29.3. The number of rotatable bonds is 9. The Labute approximate surface area is 273 Å². The first-order valence-corrected chi connectivity index (χ1v) is 16.0. The second kappa shape index (κ2) is 11.1. The standard InChI is InChI=1S/C36H34N8O4/c1-19-37-27-17-25-29-21(31(27)39-19)7-5-9-23(29)33(45)43(35(25)47)15-13-41(3)11-12-42(4)14-16-44-34(46)24-10-6-8-22-30(24)26(36(44)48)18-28-32(22)40-20(2)38-28/h5-10,17-18,47-48H,11-16H2,1-4H3. The van der Waals surface area contributed by atoms with E-state index in [0.717, 1.165) is 21.5 Å². The van der Waals surface area contributed by atoms with Gasteiger partial charge in [-0.1, -0.05) is 24.3 Å². The van der Waals surface area contributed by atoms with Gasteiger partial charge in [0.25, 0.3) is 11.1 Å². The minimum absolute atomic E-state index is 0.0717. The third kappa shape index (κ3) is 4.59. The number of benzene rings is 4. The average Bonchev–Trinajstić information content (AvgIpc) is 3.65. The van der Waals surface area contributed by atoms with Crippen molar-refractivity contribution in [3.63, 3.8) is 0 Å². The molecule has 0 saturated carbocycles. The van der Waals surface area contributed by atoms with Crippen LogP contribution in [0.5, 0.6) is 11.8 Å². The lowest BCUT2D eigenvalue weighted by Gasteiger charge is -2.23. The Hall–Kier alpha value is -5.46. The van der Waals surface area contributed by atoms with Gasteiger partial charge < -0.3 is 20.0 Å². The van der Waals surface area contributed by atoms with Gasteiger partial charge in [-0.2, -0.15) is 0 Å². The summed E-state index contributed by atoms with van der Waals surface area (Å²) >= 11 is 0. The molecule has 0 aliphatic carbocycles. The van der Waals surface area contributed by atoms with Crippen LogP contribution in [0.1, 0.15) is 13.8 Å². The fourth-order valence-electron chi connectivity index (χ4n) is 7.04. The Bertz CT molecular complexity index is 2470. The van der Waals surface area contributed by atoms with Crippen molar-refractivity contribution in [1.29, 1.82) is 0 Å². The number of hydrogen-bond acceptors (Lipinski definition) is 10. The summed E-state index contributed by atoms with van der Waals surface area (Å²) in [6.07, 6.45) is 0. The highest BCUT2D eigenvalue weighted by molar-refractivity contribution is 6.14. The minimum Gasteiger partial charge on any atom is -0.494 e. The Morgan fingerprint density at radius 3 is 1.40 bits per heavy atom. The topological polar surface area (TPSA) is 140 Å². The Balaban J connectivity index is 0.967. The zero-order valence-electron chi connectivity index (χ0n) is 27.2. The molecular formula is C36H34N8O4. The van der Waals surface area contributed by atoms with Gasteiger partial charge in [-0.15, -0.1) is 0 Å². The van der Waals surface area contributed by atoms with Crippen LogP contribution in [0.3, 0.4) is 0 Å². The summed E-state index contributed by atoms with van der Waals surface area (Å²) in [6.45, 7) is 6.71. The van der Waals surface area contributed by atoms with Crippen LogP contribution < -0.4 is 21.8 Å². The van der Waals surface area contributed by atoms with Gasteiger partial charge in [0.05, 0.1) is 22.1 Å². The summed E-state index contributed by atoms with van der Waals surface area (Å²) in [6, 6.07) is 14.7. The molecule has 4 heterocycles. The predicted octanol–water partition coefficient (Wildman–Crippen LogP) is 3.40. The first-order chi connectivity index (χ1) is 23.1. The number of pyridine rings is 2. The minimum atomic E-state index is -0.243. The van der Waals surface area contributed by atoms with Crippen LogP contribution in [-0.4, -0.2) is 81.1 Å². The fourth-order valence-corrected chi connectivity index (χ4v) is 7.04. The van der Waals surface area contributed by atoms with Crippen LogP contribution in [0.2, 0.25) is 0 Å². The molecule has 2 aliphatic rings. The SMILES string of the molecule is CC1=Nc2cc3c(O)n(CCN(C)CCN(C)CCn4c(O)c5cc6c(c7cccc(c4=O)c57)=NC(C)=N6)c(=O)c4cccc(c2=N1)c34. The van der Waals surface area contributed by atoms with Gasteiger partial charge in [0.1, 0.15) is 11.7 Å². The molecule has 0 fully saturated rings. The lowest BCUT2D eigenvalue weighted by atomic mass is 10.0. The van der Waals surface area contributed by atoms with Crippen LogP contribution in [0.15, 0.2) is 78.1 Å². The number of aromatic hydroxyl groups is 2. The van der Waals surface area contributed by atoms with Gasteiger partial charge in [-0.3, -0.25) is 18.7 Å². The normalized spacial score (nSPS) is 14.0. The monoisotopic (exact) mass is 642 g/mol. The van der Waals surface area contributed by atoms with Crippen molar-refractivity contribution in [2.45, 2.75) is 26.9 Å². The summed E-state index contributed by atoms with van der Waals surface area (Å²) < 4.78 is 2.86. The third-order valence-corrected chi connectivity index (χ3v) is 9.56. The molecule has 6 aromatic rings. The number of amidine groups is 2. The van der Waals surface area contributed by atoms with E-state index in [9.17, 15) is 19.8 Å². The molecule has 12 nitrogen and oxygen atoms in total. The van der Waals surface area contributed by atoms with E-state index in [0.29, 0.717) is 94.6 Å². The summed E-state index contributed by atoms with van der Waals surface area (Å²) in [4.78, 5) is 49.4. The third-order valence-electron chi connectivity index (χ3n) is 9.56. The van der Waals surface area contributed by atoms with Gasteiger partial charge in [-0.05, 0) is 52.2 Å². The maximum atomic E-state index is 13.5. The molecule has 8 rings (SSSR count). The van der Waals surface area contributed by atoms with Crippen molar-refractivity contribution in [3.8, 4) is 11.8 Å². The summed E-state index contributed by atoms with van der Waals surface area (Å²) in [5.41, 5.74) is 0.894.